The molecule has 1 heterocycles. The zero-order valence-electron chi connectivity index (χ0n) is 14.1. The molecule has 2 aromatic rings. The van der Waals surface area contributed by atoms with Crippen molar-refractivity contribution in [2.75, 3.05) is 12.3 Å². The van der Waals surface area contributed by atoms with Crippen molar-refractivity contribution in [2.24, 2.45) is 0 Å². The van der Waals surface area contributed by atoms with Crippen LogP contribution in [0.25, 0.3) is 0 Å². The molecule has 0 aliphatic carbocycles. The lowest BCUT2D eigenvalue weighted by Crippen LogP contribution is -2.36. The predicted octanol–water partition coefficient (Wildman–Crippen LogP) is 4.21. The number of rotatable bonds is 4. The van der Waals surface area contributed by atoms with Gasteiger partial charge in [-0.05, 0) is 60.9 Å². The van der Waals surface area contributed by atoms with E-state index in [4.69, 9.17) is 4.74 Å². The second-order valence-electron chi connectivity index (χ2n) is 6.04. The second-order valence-corrected chi connectivity index (χ2v) is 8.30. The summed E-state index contributed by atoms with van der Waals surface area (Å²) in [4.78, 5) is 0. The van der Waals surface area contributed by atoms with Gasteiger partial charge in [-0.1, -0.05) is 6.07 Å². The molecule has 0 N–H and O–H groups in total. The Bertz CT molecular complexity index is 893. The molecule has 0 bridgehead atoms. The molecule has 2 aromatic carbocycles. The third kappa shape index (κ3) is 4.02. The van der Waals surface area contributed by atoms with Gasteiger partial charge in [-0.2, -0.15) is 17.5 Å². The highest BCUT2D eigenvalue weighted by Gasteiger charge is 2.30. The van der Waals surface area contributed by atoms with Crippen molar-refractivity contribution in [3.63, 3.8) is 0 Å². The van der Waals surface area contributed by atoms with Gasteiger partial charge in [-0.25, -0.2) is 8.42 Å². The Hall–Kier alpha value is -2.06. The quantitative estimate of drug-likeness (QED) is 0.792. The van der Waals surface area contributed by atoms with Gasteiger partial charge in [0.25, 0.3) is 0 Å². The van der Waals surface area contributed by atoms with E-state index in [1.165, 1.54) is 16.4 Å². The topological polar surface area (TPSA) is 46.6 Å². The summed E-state index contributed by atoms with van der Waals surface area (Å²) in [7, 11) is -3.27. The molecule has 8 heteroatoms. The molecule has 0 atom stereocenters. The van der Waals surface area contributed by atoms with E-state index in [1.807, 2.05) is 6.07 Å². The number of halogens is 3. The molecule has 0 saturated carbocycles. The standard InChI is InChI=1S/C18H18F3NO3S/c1-2-26(23,24)22-10-9-13-3-6-17(11-14(13)12-22)25-16-7-4-15(5-8-16)18(19,20)21/h3-8,11H,2,9-10,12H2,1H3. The highest BCUT2D eigenvalue weighted by Crippen LogP contribution is 2.32. The molecular formula is C18H18F3NO3S. The van der Waals surface area contributed by atoms with Crippen LogP contribution in [0.4, 0.5) is 13.2 Å². The van der Waals surface area contributed by atoms with E-state index < -0.39 is 21.8 Å². The lowest BCUT2D eigenvalue weighted by molar-refractivity contribution is -0.137. The number of nitrogens with zero attached hydrogens (tertiary/aromatic N) is 1. The van der Waals surface area contributed by atoms with Gasteiger partial charge >= 0.3 is 6.18 Å². The van der Waals surface area contributed by atoms with Crippen LogP contribution >= 0.6 is 0 Å². The first-order chi connectivity index (χ1) is 12.2. The van der Waals surface area contributed by atoms with Crippen LogP contribution in [0.3, 0.4) is 0 Å². The number of alkyl halides is 3. The second kappa shape index (κ2) is 6.92. The molecule has 1 aliphatic rings. The molecule has 4 nitrogen and oxygen atoms in total. The molecule has 140 valence electrons. The average molecular weight is 385 g/mol. The average Bonchev–Trinajstić information content (AvgIpc) is 2.61. The minimum absolute atomic E-state index is 0.0457. The van der Waals surface area contributed by atoms with Gasteiger partial charge in [0.1, 0.15) is 11.5 Å². The third-order valence-corrected chi connectivity index (χ3v) is 6.16. The van der Waals surface area contributed by atoms with E-state index >= 15 is 0 Å². The van der Waals surface area contributed by atoms with Gasteiger partial charge in [0, 0.05) is 13.1 Å². The molecule has 0 amide bonds. The van der Waals surface area contributed by atoms with Gasteiger partial charge in [-0.3, -0.25) is 0 Å². The minimum Gasteiger partial charge on any atom is -0.457 e. The first-order valence-corrected chi connectivity index (χ1v) is 9.75. The number of benzene rings is 2. The van der Waals surface area contributed by atoms with E-state index in [9.17, 15) is 21.6 Å². The largest absolute Gasteiger partial charge is 0.457 e. The lowest BCUT2D eigenvalue weighted by atomic mass is 10.0. The van der Waals surface area contributed by atoms with Crippen LogP contribution in [-0.4, -0.2) is 25.0 Å². The summed E-state index contributed by atoms with van der Waals surface area (Å²) in [5.74, 6) is 0.787. The van der Waals surface area contributed by atoms with Crippen molar-refractivity contribution in [1.82, 2.24) is 4.31 Å². The molecule has 0 aromatic heterocycles. The summed E-state index contributed by atoms with van der Waals surface area (Å²) in [5.41, 5.74) is 1.15. The lowest BCUT2D eigenvalue weighted by Gasteiger charge is -2.28. The van der Waals surface area contributed by atoms with E-state index in [-0.39, 0.29) is 18.0 Å². The highest BCUT2D eigenvalue weighted by atomic mass is 32.2. The van der Waals surface area contributed by atoms with Crippen molar-refractivity contribution in [1.29, 1.82) is 0 Å². The third-order valence-electron chi connectivity index (χ3n) is 4.33. The fraction of sp³-hybridized carbons (Fsp3) is 0.333. The summed E-state index contributed by atoms with van der Waals surface area (Å²) < 4.78 is 69.0. The van der Waals surface area contributed by atoms with Crippen LogP contribution in [0, 0.1) is 0 Å². The van der Waals surface area contributed by atoms with Crippen LogP contribution in [0.15, 0.2) is 42.5 Å². The van der Waals surface area contributed by atoms with Gasteiger partial charge in [-0.15, -0.1) is 0 Å². The van der Waals surface area contributed by atoms with Gasteiger partial charge < -0.3 is 4.74 Å². The number of fused-ring (bicyclic) bond motifs is 1. The zero-order valence-corrected chi connectivity index (χ0v) is 14.9. The Kier molecular flexibility index (Phi) is 4.98. The fourth-order valence-electron chi connectivity index (χ4n) is 2.84. The number of hydrogen-bond acceptors (Lipinski definition) is 3. The number of sulfonamides is 1. The highest BCUT2D eigenvalue weighted by molar-refractivity contribution is 7.89. The van der Waals surface area contributed by atoms with Crippen LogP contribution in [0.2, 0.25) is 0 Å². The van der Waals surface area contributed by atoms with Crippen molar-refractivity contribution in [3.8, 4) is 11.5 Å². The van der Waals surface area contributed by atoms with Crippen molar-refractivity contribution >= 4 is 10.0 Å². The van der Waals surface area contributed by atoms with E-state index in [2.05, 4.69) is 0 Å². The number of ether oxygens (including phenoxy) is 1. The number of hydrogen-bond donors (Lipinski definition) is 0. The predicted molar refractivity (Wildman–Crippen MR) is 91.5 cm³/mol. The van der Waals surface area contributed by atoms with Crippen molar-refractivity contribution < 1.29 is 26.3 Å². The maximum atomic E-state index is 12.6. The maximum Gasteiger partial charge on any atom is 0.416 e. The first kappa shape index (κ1) is 18.7. The summed E-state index contributed by atoms with van der Waals surface area (Å²) in [5, 5.41) is 0. The molecule has 0 fully saturated rings. The van der Waals surface area contributed by atoms with Gasteiger partial charge in [0.2, 0.25) is 10.0 Å². The molecule has 3 rings (SSSR count). The van der Waals surface area contributed by atoms with E-state index in [0.29, 0.717) is 18.7 Å². The van der Waals surface area contributed by atoms with Gasteiger partial charge in [0.05, 0.1) is 11.3 Å². The first-order valence-electron chi connectivity index (χ1n) is 8.14. The Morgan fingerprint density at radius 1 is 1.04 bits per heavy atom. The summed E-state index contributed by atoms with van der Waals surface area (Å²) >= 11 is 0. The SMILES string of the molecule is CCS(=O)(=O)N1CCc2ccc(Oc3ccc(C(F)(F)F)cc3)cc2C1. The molecule has 1 aliphatic heterocycles. The molecule has 26 heavy (non-hydrogen) atoms. The molecular weight excluding hydrogens is 367 g/mol. The Balaban J connectivity index is 1.78. The molecule has 0 saturated heterocycles. The van der Waals surface area contributed by atoms with E-state index in [0.717, 1.165) is 23.3 Å². The van der Waals surface area contributed by atoms with Crippen LogP contribution in [-0.2, 0) is 29.2 Å². The van der Waals surface area contributed by atoms with Crippen molar-refractivity contribution in [3.05, 3.63) is 59.2 Å². The monoisotopic (exact) mass is 385 g/mol. The van der Waals surface area contributed by atoms with Crippen LogP contribution in [0.5, 0.6) is 11.5 Å². The van der Waals surface area contributed by atoms with Gasteiger partial charge in [0.15, 0.2) is 0 Å². The normalized spacial score (nSPS) is 15.5. The van der Waals surface area contributed by atoms with Crippen LogP contribution in [0.1, 0.15) is 23.6 Å². The smallest absolute Gasteiger partial charge is 0.416 e. The Labute approximate surface area is 150 Å². The minimum atomic E-state index is -4.39. The summed E-state index contributed by atoms with van der Waals surface area (Å²) in [6.07, 6.45) is -3.77. The summed E-state index contributed by atoms with van der Waals surface area (Å²) in [6.45, 7) is 2.33. The maximum absolute atomic E-state index is 12.6. The van der Waals surface area contributed by atoms with Crippen LogP contribution < -0.4 is 4.74 Å². The van der Waals surface area contributed by atoms with Crippen molar-refractivity contribution in [2.45, 2.75) is 26.1 Å². The van der Waals surface area contributed by atoms with E-state index in [1.54, 1.807) is 19.1 Å². The molecule has 0 unspecified atom stereocenters. The summed E-state index contributed by atoms with van der Waals surface area (Å²) in [6, 6.07) is 9.79. The molecule has 0 spiro atoms. The molecule has 0 radical (unpaired) electrons. The Morgan fingerprint density at radius 3 is 2.31 bits per heavy atom. The fourth-order valence-corrected chi connectivity index (χ4v) is 3.91. The Morgan fingerprint density at radius 2 is 1.69 bits per heavy atom. The zero-order chi connectivity index (χ0) is 18.9.